The third-order valence-corrected chi connectivity index (χ3v) is 6.24. The van der Waals surface area contributed by atoms with Crippen LogP contribution in [0.25, 0.3) is 0 Å². The van der Waals surface area contributed by atoms with Crippen molar-refractivity contribution >= 4 is 34.0 Å². The summed E-state index contributed by atoms with van der Waals surface area (Å²) in [6, 6.07) is 14.6. The van der Waals surface area contributed by atoms with Crippen molar-refractivity contribution in [2.45, 2.75) is 32.1 Å². The minimum atomic E-state index is -0.324. The molecule has 30 heavy (non-hydrogen) atoms. The lowest BCUT2D eigenvalue weighted by atomic mass is 9.90. The molecule has 0 bridgehead atoms. The fraction of sp³-hybridized carbons (Fsp3) is 0.261. The van der Waals surface area contributed by atoms with Crippen molar-refractivity contribution in [2.24, 2.45) is 0 Å². The molecule has 2 aromatic carbocycles. The minimum absolute atomic E-state index is 0.0771. The Hall–Kier alpha value is -3.19. The molecular weight excluding hydrogens is 398 g/mol. The highest BCUT2D eigenvalue weighted by molar-refractivity contribution is 7.16. The zero-order chi connectivity index (χ0) is 21.1. The monoisotopic (exact) mass is 421 g/mol. The van der Waals surface area contributed by atoms with Crippen molar-refractivity contribution in [3.63, 3.8) is 0 Å². The van der Waals surface area contributed by atoms with E-state index in [2.05, 4.69) is 15.6 Å². The van der Waals surface area contributed by atoms with Gasteiger partial charge in [0.1, 0.15) is 5.75 Å². The van der Waals surface area contributed by atoms with E-state index < -0.39 is 0 Å². The maximum Gasteiger partial charge on any atom is 0.257 e. The maximum absolute atomic E-state index is 13.0. The van der Waals surface area contributed by atoms with Crippen molar-refractivity contribution in [3.8, 4) is 5.75 Å². The Labute approximate surface area is 179 Å². The number of hydrogen-bond donors (Lipinski definition) is 2. The zero-order valence-corrected chi connectivity index (χ0v) is 17.7. The van der Waals surface area contributed by atoms with Crippen molar-refractivity contribution in [3.05, 3.63) is 70.2 Å². The number of amides is 2. The number of fused-ring (bicyclic) bond motifs is 1. The summed E-state index contributed by atoms with van der Waals surface area (Å²) in [6.45, 7) is 1.94. The molecule has 1 aliphatic rings. The van der Waals surface area contributed by atoms with Gasteiger partial charge < -0.3 is 10.1 Å². The number of benzene rings is 2. The van der Waals surface area contributed by atoms with E-state index in [0.29, 0.717) is 10.7 Å². The van der Waals surface area contributed by atoms with Gasteiger partial charge in [0.05, 0.1) is 18.7 Å². The van der Waals surface area contributed by atoms with Gasteiger partial charge in [-0.05, 0) is 62.1 Å². The first kappa shape index (κ1) is 20.1. The van der Waals surface area contributed by atoms with E-state index >= 15 is 0 Å². The van der Waals surface area contributed by atoms with Gasteiger partial charge in [0, 0.05) is 16.1 Å². The summed E-state index contributed by atoms with van der Waals surface area (Å²) in [5, 5.41) is 6.41. The van der Waals surface area contributed by atoms with Crippen LogP contribution in [0.4, 0.5) is 10.8 Å². The quantitative estimate of drug-likeness (QED) is 0.622. The largest absolute Gasteiger partial charge is 0.496 e. The second kappa shape index (κ2) is 8.67. The second-order valence-corrected chi connectivity index (χ2v) is 8.35. The van der Waals surface area contributed by atoms with E-state index in [-0.39, 0.29) is 17.7 Å². The lowest BCUT2D eigenvalue weighted by Crippen LogP contribution is -2.24. The third kappa shape index (κ3) is 4.21. The molecule has 6 nitrogen and oxygen atoms in total. The number of thiazole rings is 1. The maximum atomic E-state index is 13.0. The average Bonchev–Trinajstić information content (AvgIpc) is 3.16. The van der Waals surface area contributed by atoms with Gasteiger partial charge in [-0.15, -0.1) is 11.3 Å². The van der Waals surface area contributed by atoms with E-state index in [1.54, 1.807) is 19.2 Å². The van der Waals surface area contributed by atoms with Crippen LogP contribution in [0.2, 0.25) is 0 Å². The smallest absolute Gasteiger partial charge is 0.257 e. The molecule has 1 heterocycles. The fourth-order valence-electron chi connectivity index (χ4n) is 3.67. The summed E-state index contributed by atoms with van der Waals surface area (Å²) in [5.41, 5.74) is 3.05. The number of aromatic nitrogens is 1. The number of ether oxygens (including phenoxy) is 1. The molecule has 0 saturated heterocycles. The summed E-state index contributed by atoms with van der Waals surface area (Å²) in [4.78, 5) is 31.1. The predicted molar refractivity (Wildman–Crippen MR) is 119 cm³/mol. The first-order valence-corrected chi connectivity index (χ1v) is 10.7. The molecule has 7 heteroatoms. The van der Waals surface area contributed by atoms with Gasteiger partial charge in [0.15, 0.2) is 5.13 Å². The highest BCUT2D eigenvalue weighted by atomic mass is 32.1. The van der Waals surface area contributed by atoms with Crippen LogP contribution in [0, 0.1) is 6.92 Å². The second-order valence-electron chi connectivity index (χ2n) is 7.27. The number of carbonyl (C=O) groups excluding carboxylic acids is 2. The summed E-state index contributed by atoms with van der Waals surface area (Å²) >= 11 is 1.45. The van der Waals surface area contributed by atoms with E-state index in [4.69, 9.17) is 4.74 Å². The predicted octanol–water partition coefficient (Wildman–Crippen LogP) is 4.77. The van der Waals surface area contributed by atoms with Gasteiger partial charge in [-0.1, -0.05) is 18.2 Å². The number of methoxy groups -OCH3 is 1. The molecular formula is C23H23N3O3S. The summed E-state index contributed by atoms with van der Waals surface area (Å²) in [7, 11) is 1.63. The van der Waals surface area contributed by atoms with Gasteiger partial charge in [0.2, 0.25) is 5.91 Å². The van der Waals surface area contributed by atoms with Crippen molar-refractivity contribution in [1.29, 1.82) is 0 Å². The number of nitrogens with one attached hydrogen (secondary N) is 2. The average molecular weight is 422 g/mol. The van der Waals surface area contributed by atoms with E-state index in [1.807, 2.05) is 43.3 Å². The Morgan fingerprint density at radius 1 is 1.13 bits per heavy atom. The molecule has 0 fully saturated rings. The molecule has 4 rings (SSSR count). The summed E-state index contributed by atoms with van der Waals surface area (Å²) in [5.74, 6) is 0.184. The molecule has 1 unspecified atom stereocenters. The van der Waals surface area contributed by atoms with Gasteiger partial charge in [-0.2, -0.15) is 0 Å². The molecule has 1 aliphatic carbocycles. The van der Waals surface area contributed by atoms with Gasteiger partial charge in [0.25, 0.3) is 5.91 Å². The number of carbonyl (C=O) groups is 2. The summed E-state index contributed by atoms with van der Waals surface area (Å²) < 4.78 is 5.28. The molecule has 0 spiro atoms. The first-order valence-electron chi connectivity index (χ1n) is 9.86. The zero-order valence-electron chi connectivity index (χ0n) is 16.9. The molecule has 0 saturated carbocycles. The molecule has 1 atom stereocenters. The molecule has 0 radical (unpaired) electrons. The van der Waals surface area contributed by atoms with Crippen molar-refractivity contribution < 1.29 is 14.3 Å². The van der Waals surface area contributed by atoms with Crippen LogP contribution in [0.15, 0.2) is 48.5 Å². The molecule has 3 aromatic rings. The number of aryl methyl sites for hydroxylation is 2. The van der Waals surface area contributed by atoms with E-state index in [1.165, 1.54) is 11.3 Å². The Balaban J connectivity index is 1.50. The van der Waals surface area contributed by atoms with Crippen LogP contribution < -0.4 is 15.4 Å². The Morgan fingerprint density at radius 3 is 2.67 bits per heavy atom. The van der Waals surface area contributed by atoms with Gasteiger partial charge in [-0.3, -0.25) is 14.9 Å². The highest BCUT2D eigenvalue weighted by Crippen LogP contribution is 2.37. The normalized spacial score (nSPS) is 15.2. The number of anilines is 2. The van der Waals surface area contributed by atoms with Crippen LogP contribution in [0.5, 0.6) is 5.75 Å². The van der Waals surface area contributed by atoms with Crippen LogP contribution in [-0.2, 0) is 11.2 Å². The molecule has 2 amide bonds. The lowest BCUT2D eigenvalue weighted by molar-refractivity contribution is -0.117. The number of nitrogens with zero attached hydrogens (tertiary/aromatic N) is 1. The van der Waals surface area contributed by atoms with Crippen LogP contribution in [0.3, 0.4) is 0 Å². The molecule has 0 aliphatic heterocycles. The van der Waals surface area contributed by atoms with Crippen LogP contribution >= 0.6 is 11.3 Å². The van der Waals surface area contributed by atoms with Gasteiger partial charge in [-0.25, -0.2) is 4.98 Å². The molecule has 154 valence electrons. The third-order valence-electron chi connectivity index (χ3n) is 5.19. The minimum Gasteiger partial charge on any atom is -0.496 e. The van der Waals surface area contributed by atoms with Crippen molar-refractivity contribution in [2.75, 3.05) is 17.7 Å². The van der Waals surface area contributed by atoms with Crippen LogP contribution in [0.1, 0.15) is 45.3 Å². The highest BCUT2D eigenvalue weighted by Gasteiger charge is 2.30. The topological polar surface area (TPSA) is 80.3 Å². The summed E-state index contributed by atoms with van der Waals surface area (Å²) in [6.07, 6.45) is 2.53. The van der Waals surface area contributed by atoms with Gasteiger partial charge >= 0.3 is 0 Å². The van der Waals surface area contributed by atoms with Crippen LogP contribution in [-0.4, -0.2) is 23.9 Å². The Kier molecular flexibility index (Phi) is 5.81. The Bertz CT molecular complexity index is 1080. The van der Waals surface area contributed by atoms with Crippen molar-refractivity contribution in [1.82, 2.24) is 4.98 Å². The van der Waals surface area contributed by atoms with E-state index in [0.717, 1.165) is 46.8 Å². The standard InChI is InChI=1S/C23H23N3O3S/c1-14-13-16(11-12-18(14)29-2)24-22(28)17-9-6-10-19-20(17)25-23(30-19)26-21(27)15-7-4-3-5-8-15/h3-5,7-8,11-13,17H,6,9-10H2,1-2H3,(H,24,28)(H,25,26,27). The first-order chi connectivity index (χ1) is 14.5. The molecule has 2 N–H and O–H groups in total. The Morgan fingerprint density at radius 2 is 1.93 bits per heavy atom. The molecule has 1 aromatic heterocycles. The number of hydrogen-bond acceptors (Lipinski definition) is 5. The van der Waals surface area contributed by atoms with E-state index in [9.17, 15) is 9.59 Å². The number of rotatable bonds is 5. The fourth-order valence-corrected chi connectivity index (χ4v) is 4.73. The lowest BCUT2D eigenvalue weighted by Gasteiger charge is -2.20. The SMILES string of the molecule is COc1ccc(NC(=O)C2CCCc3sc(NC(=O)c4ccccc4)nc32)cc1C.